The zero-order chi connectivity index (χ0) is 24.7. The molecule has 1 unspecified atom stereocenters. The van der Waals surface area contributed by atoms with Crippen molar-refractivity contribution in [3.05, 3.63) is 83.5 Å². The van der Waals surface area contributed by atoms with Crippen LogP contribution in [-0.2, 0) is 20.1 Å². The van der Waals surface area contributed by atoms with E-state index in [2.05, 4.69) is 10.1 Å². The van der Waals surface area contributed by atoms with Crippen molar-refractivity contribution in [2.75, 3.05) is 20.3 Å². The van der Waals surface area contributed by atoms with E-state index in [1.807, 2.05) is 29.8 Å². The number of ether oxygens (including phenoxy) is 2. The minimum atomic E-state index is -2.24. The topological polar surface area (TPSA) is 98.4 Å². The summed E-state index contributed by atoms with van der Waals surface area (Å²) in [6.45, 7) is 1.98. The molecule has 2 aromatic carbocycles. The van der Waals surface area contributed by atoms with Crippen LogP contribution in [0.1, 0.15) is 16.8 Å². The van der Waals surface area contributed by atoms with Gasteiger partial charge in [0, 0.05) is 29.5 Å². The average molecular weight is 482 g/mol. The highest BCUT2D eigenvalue weighted by atomic mass is 19.1. The van der Waals surface area contributed by atoms with Crippen molar-refractivity contribution < 1.29 is 33.0 Å². The van der Waals surface area contributed by atoms with Crippen LogP contribution in [0.15, 0.2) is 60.2 Å². The Morgan fingerprint density at radius 2 is 1.97 bits per heavy atom. The van der Waals surface area contributed by atoms with Gasteiger partial charge < -0.3 is 24.0 Å². The summed E-state index contributed by atoms with van der Waals surface area (Å²) in [4.78, 5) is 23.2. The first-order valence-corrected chi connectivity index (χ1v) is 10.6. The molecule has 2 aliphatic rings. The summed E-state index contributed by atoms with van der Waals surface area (Å²) in [5.41, 5.74) is -0.206. The van der Waals surface area contributed by atoms with Gasteiger partial charge in [-0.2, -0.15) is 0 Å². The number of aromatic nitrogens is 2. The lowest BCUT2D eigenvalue weighted by Crippen LogP contribution is -2.52. The Kier molecular flexibility index (Phi) is 5.39. The van der Waals surface area contributed by atoms with Crippen LogP contribution in [0.25, 0.3) is 11.4 Å². The number of carboxylic acids is 1. The van der Waals surface area contributed by atoms with E-state index in [1.165, 1.54) is 11.0 Å². The fraction of sp³-hybridized carbons (Fsp3) is 0.208. The summed E-state index contributed by atoms with van der Waals surface area (Å²) < 4.78 is 41.1. The zero-order valence-electron chi connectivity index (χ0n) is 18.7. The van der Waals surface area contributed by atoms with Gasteiger partial charge in [0.25, 0.3) is 0 Å². The number of benzene rings is 2. The Morgan fingerprint density at radius 3 is 2.63 bits per heavy atom. The smallest absolute Gasteiger partial charge is 0.377 e. The monoisotopic (exact) mass is 482 g/mol. The first-order valence-electron chi connectivity index (χ1n) is 10.6. The number of amidine groups is 1. The minimum Gasteiger partial charge on any atom is -0.495 e. The molecule has 0 aliphatic carbocycles. The van der Waals surface area contributed by atoms with Gasteiger partial charge in [0.1, 0.15) is 29.8 Å². The molecule has 1 aromatic heterocycles. The number of oxime groups is 1. The number of hydrogen-bond donors (Lipinski definition) is 1. The Labute approximate surface area is 198 Å². The van der Waals surface area contributed by atoms with E-state index in [4.69, 9.17) is 14.3 Å². The number of methoxy groups -OCH3 is 1. The van der Waals surface area contributed by atoms with E-state index in [1.54, 1.807) is 19.5 Å². The molecule has 0 saturated heterocycles. The van der Waals surface area contributed by atoms with Gasteiger partial charge in [0.15, 0.2) is 5.84 Å². The lowest BCUT2D eigenvalue weighted by atomic mass is 10.00. The van der Waals surface area contributed by atoms with Crippen LogP contribution in [0, 0.1) is 18.6 Å². The van der Waals surface area contributed by atoms with E-state index in [-0.39, 0.29) is 24.6 Å². The Bertz CT molecular complexity index is 1370. The van der Waals surface area contributed by atoms with Crippen LogP contribution in [0.3, 0.4) is 0 Å². The molecule has 1 atom stereocenters. The second-order valence-corrected chi connectivity index (χ2v) is 7.97. The van der Waals surface area contributed by atoms with Crippen molar-refractivity contribution in [1.29, 1.82) is 0 Å². The highest BCUT2D eigenvalue weighted by Gasteiger charge is 2.55. The van der Waals surface area contributed by atoms with Crippen molar-refractivity contribution in [3.63, 3.8) is 0 Å². The molecule has 5 rings (SSSR count). The van der Waals surface area contributed by atoms with Crippen molar-refractivity contribution >= 4 is 17.6 Å². The number of aryl methyl sites for hydroxylation is 1. The summed E-state index contributed by atoms with van der Waals surface area (Å²) >= 11 is 0. The van der Waals surface area contributed by atoms with Crippen LogP contribution in [0.5, 0.6) is 5.75 Å². The number of aliphatic carboxylic acids is 1. The SMILES string of the molecule is COc1cc(C2=CC3=NOC(C(=O)O)(c4cc(F)cc(F)c4)N3CCO2)ccc1-n1cnc(C)c1. The molecule has 0 amide bonds. The quantitative estimate of drug-likeness (QED) is 0.595. The van der Waals surface area contributed by atoms with Crippen LogP contribution in [0.4, 0.5) is 8.78 Å². The molecule has 3 heterocycles. The molecule has 0 radical (unpaired) electrons. The van der Waals surface area contributed by atoms with Gasteiger partial charge in [-0.15, -0.1) is 0 Å². The molecule has 0 bridgehead atoms. The number of rotatable bonds is 5. The highest BCUT2D eigenvalue weighted by molar-refractivity contribution is 6.02. The molecule has 180 valence electrons. The number of fused-ring (bicyclic) bond motifs is 1. The van der Waals surface area contributed by atoms with Crippen molar-refractivity contribution in [2.24, 2.45) is 5.16 Å². The normalized spacial score (nSPS) is 19.1. The Morgan fingerprint density at radius 1 is 1.20 bits per heavy atom. The first kappa shape index (κ1) is 22.4. The van der Waals surface area contributed by atoms with E-state index < -0.39 is 23.3 Å². The highest BCUT2D eigenvalue weighted by Crippen LogP contribution is 2.39. The molecule has 0 saturated carbocycles. The molecule has 11 heteroatoms. The predicted octanol–water partition coefficient (Wildman–Crippen LogP) is 3.42. The van der Waals surface area contributed by atoms with Crippen LogP contribution >= 0.6 is 0 Å². The Balaban J connectivity index is 1.52. The number of nitrogens with zero attached hydrogens (tertiary/aromatic N) is 4. The number of carboxylic acid groups (broad SMARTS) is 1. The fourth-order valence-corrected chi connectivity index (χ4v) is 4.15. The number of imidazole rings is 1. The van der Waals surface area contributed by atoms with Crippen LogP contribution in [0.2, 0.25) is 0 Å². The fourth-order valence-electron chi connectivity index (χ4n) is 4.15. The minimum absolute atomic E-state index is 0.0345. The van der Waals surface area contributed by atoms with Crippen LogP contribution < -0.4 is 4.74 Å². The summed E-state index contributed by atoms with van der Waals surface area (Å²) in [7, 11) is 1.55. The van der Waals surface area contributed by atoms with E-state index in [0.29, 0.717) is 23.1 Å². The lowest BCUT2D eigenvalue weighted by molar-refractivity contribution is -0.183. The predicted molar refractivity (Wildman–Crippen MR) is 120 cm³/mol. The van der Waals surface area contributed by atoms with Gasteiger partial charge in [-0.1, -0.05) is 5.16 Å². The number of hydrogen-bond acceptors (Lipinski definition) is 7. The molecule has 2 aliphatic heterocycles. The molecule has 0 fully saturated rings. The molecule has 0 spiro atoms. The third kappa shape index (κ3) is 3.74. The average Bonchev–Trinajstić information content (AvgIpc) is 3.35. The Hall–Kier alpha value is -4.41. The molecular formula is C24H20F2N4O5. The standard InChI is InChI=1S/C24H20F2N4O5/c1-14-12-29(13-27-14)19-4-3-15(7-21(19)33-2)20-11-22-28-35-24(23(31)32,30(22)5-6-34-20)16-8-17(25)10-18(26)9-16/h3-4,7-13H,5-6H2,1-2H3,(H,31,32). The summed E-state index contributed by atoms with van der Waals surface area (Å²) in [6.07, 6.45) is 5.06. The maximum Gasteiger partial charge on any atom is 0.377 e. The largest absolute Gasteiger partial charge is 0.495 e. The van der Waals surface area contributed by atoms with Gasteiger partial charge in [0.2, 0.25) is 0 Å². The maximum absolute atomic E-state index is 13.9. The van der Waals surface area contributed by atoms with Gasteiger partial charge in [0.05, 0.1) is 31.4 Å². The van der Waals surface area contributed by atoms with E-state index in [0.717, 1.165) is 23.5 Å². The van der Waals surface area contributed by atoms with Crippen molar-refractivity contribution in [2.45, 2.75) is 12.6 Å². The van der Waals surface area contributed by atoms with E-state index >= 15 is 0 Å². The summed E-state index contributed by atoms with van der Waals surface area (Å²) in [5, 5.41) is 14.0. The summed E-state index contributed by atoms with van der Waals surface area (Å²) in [5.74, 6) is -2.24. The van der Waals surface area contributed by atoms with Gasteiger partial charge in [-0.05, 0) is 37.3 Å². The molecule has 1 N–H and O–H groups in total. The molecular weight excluding hydrogens is 462 g/mol. The second kappa shape index (κ2) is 8.42. The lowest BCUT2D eigenvalue weighted by Gasteiger charge is -2.32. The summed E-state index contributed by atoms with van der Waals surface area (Å²) in [6, 6.07) is 7.90. The zero-order valence-corrected chi connectivity index (χ0v) is 18.7. The van der Waals surface area contributed by atoms with Gasteiger partial charge >= 0.3 is 11.7 Å². The number of carbonyl (C=O) groups is 1. The maximum atomic E-state index is 13.9. The second-order valence-electron chi connectivity index (χ2n) is 7.97. The third-order valence-electron chi connectivity index (χ3n) is 5.76. The van der Waals surface area contributed by atoms with Crippen molar-refractivity contribution in [3.8, 4) is 11.4 Å². The first-order chi connectivity index (χ1) is 16.8. The van der Waals surface area contributed by atoms with E-state index in [9.17, 15) is 18.7 Å². The number of halogens is 2. The molecule has 35 heavy (non-hydrogen) atoms. The van der Waals surface area contributed by atoms with Gasteiger partial charge in [-0.3, -0.25) is 4.90 Å². The molecule has 9 nitrogen and oxygen atoms in total. The third-order valence-corrected chi connectivity index (χ3v) is 5.76. The van der Waals surface area contributed by atoms with Gasteiger partial charge in [-0.25, -0.2) is 18.6 Å². The van der Waals surface area contributed by atoms with Crippen molar-refractivity contribution in [1.82, 2.24) is 14.5 Å². The molecule has 3 aromatic rings. The van der Waals surface area contributed by atoms with Crippen LogP contribution in [-0.4, -0.2) is 51.6 Å².